The molecule has 3 aliphatic heterocycles. The predicted molar refractivity (Wildman–Crippen MR) is 82.9 cm³/mol. The van der Waals surface area contributed by atoms with Gasteiger partial charge in [0.1, 0.15) is 6.61 Å². The smallest absolute Gasteiger partial charge is 0.404 e. The second kappa shape index (κ2) is 5.06. The van der Waals surface area contributed by atoms with E-state index in [4.69, 9.17) is 19.9 Å². The third-order valence-corrected chi connectivity index (χ3v) is 5.58. The molecule has 3 N–H and O–H groups in total. The van der Waals surface area contributed by atoms with Crippen LogP contribution < -0.4 is 11.1 Å². The number of nitrogens with one attached hydrogen (secondary N) is 1. The Morgan fingerprint density at radius 3 is 2.68 bits per heavy atom. The van der Waals surface area contributed by atoms with Crippen LogP contribution in [0, 0.1) is 5.92 Å². The molecule has 0 aromatic rings. The van der Waals surface area contributed by atoms with Gasteiger partial charge in [-0.15, -0.1) is 0 Å². The molecule has 25 heavy (non-hydrogen) atoms. The number of carbonyl (C=O) groups is 3. The highest BCUT2D eigenvalue weighted by Gasteiger charge is 2.72. The molecule has 4 rings (SSSR count). The van der Waals surface area contributed by atoms with Crippen molar-refractivity contribution in [2.75, 3.05) is 27.4 Å². The largest absolute Gasteiger partial charge is 0.492 e. The molecule has 9 nitrogen and oxygen atoms in total. The summed E-state index contributed by atoms with van der Waals surface area (Å²) in [7, 11) is 2.88. The molecule has 0 radical (unpaired) electrons. The van der Waals surface area contributed by atoms with E-state index in [-0.39, 0.29) is 47.2 Å². The third kappa shape index (κ3) is 1.82. The Bertz CT molecular complexity index is 772. The van der Waals surface area contributed by atoms with Crippen LogP contribution in [0.3, 0.4) is 0 Å². The maximum atomic E-state index is 13.0. The highest BCUT2D eigenvalue weighted by atomic mass is 16.6. The number of ether oxygens (including phenoxy) is 3. The number of carbonyl (C=O) groups excluding carboxylic acids is 3. The summed E-state index contributed by atoms with van der Waals surface area (Å²) in [6.45, 7) is 1.96. The third-order valence-electron chi connectivity index (χ3n) is 5.58. The number of primary amides is 1. The number of ketones is 2. The lowest BCUT2D eigenvalue weighted by Gasteiger charge is -2.39. The number of Topliss-reactive ketones (excluding diaryl/α,β-unsaturated/α-hetero) is 2. The minimum absolute atomic E-state index is 0.0144. The van der Waals surface area contributed by atoms with Crippen molar-refractivity contribution >= 4 is 17.7 Å². The van der Waals surface area contributed by atoms with Crippen LogP contribution in [0.4, 0.5) is 4.79 Å². The number of amides is 1. The van der Waals surface area contributed by atoms with Gasteiger partial charge in [0.05, 0.1) is 24.8 Å². The maximum absolute atomic E-state index is 13.0. The number of rotatable bonds is 4. The zero-order valence-electron chi connectivity index (χ0n) is 14.1. The topological polar surface area (TPSA) is 130 Å². The summed E-state index contributed by atoms with van der Waals surface area (Å²) >= 11 is 0. The van der Waals surface area contributed by atoms with Gasteiger partial charge in [0.25, 0.3) is 0 Å². The molecular formula is C16H19N3O6. The number of methoxy groups -OCH3 is 2. The molecule has 1 aliphatic carbocycles. The molecule has 9 heteroatoms. The van der Waals surface area contributed by atoms with Gasteiger partial charge < -0.3 is 30.2 Å². The Labute approximate surface area is 143 Å². The van der Waals surface area contributed by atoms with Crippen molar-refractivity contribution in [3.05, 3.63) is 22.6 Å². The number of hydrogen-bond donors (Lipinski definition) is 2. The van der Waals surface area contributed by atoms with Gasteiger partial charge in [-0.3, -0.25) is 9.59 Å². The molecule has 0 bridgehead atoms. The summed E-state index contributed by atoms with van der Waals surface area (Å²) in [4.78, 5) is 38.9. The molecule has 1 amide bonds. The molecule has 3 unspecified atom stereocenters. The number of fused-ring (bicyclic) bond motifs is 4. The van der Waals surface area contributed by atoms with Crippen molar-refractivity contribution in [1.82, 2.24) is 10.2 Å². The van der Waals surface area contributed by atoms with Crippen molar-refractivity contribution in [3.63, 3.8) is 0 Å². The SMILES string of the molecule is COC1=C(C)C(=O)C2=C(C1=O)C(COC(N)=O)C1(OC)[C@H]3NC3CN21. The molecule has 3 heterocycles. The normalized spacial score (nSPS) is 35.6. The lowest BCUT2D eigenvalue weighted by atomic mass is 9.83. The fourth-order valence-electron chi connectivity index (χ4n) is 4.51. The molecule has 4 atom stereocenters. The summed E-state index contributed by atoms with van der Waals surface area (Å²) in [6.07, 6.45) is -0.946. The first-order valence-corrected chi connectivity index (χ1v) is 7.98. The van der Waals surface area contributed by atoms with Crippen LogP contribution in [0.15, 0.2) is 22.6 Å². The fourth-order valence-corrected chi connectivity index (χ4v) is 4.51. The second-order valence-corrected chi connectivity index (χ2v) is 6.58. The van der Waals surface area contributed by atoms with Crippen LogP contribution in [0.1, 0.15) is 6.92 Å². The zero-order valence-corrected chi connectivity index (χ0v) is 14.1. The minimum atomic E-state index is -0.959. The van der Waals surface area contributed by atoms with Crippen LogP contribution in [0.2, 0.25) is 0 Å². The Balaban J connectivity index is 1.84. The van der Waals surface area contributed by atoms with E-state index in [1.165, 1.54) is 14.2 Å². The number of allylic oxidation sites excluding steroid dienone is 2. The Hall–Kier alpha value is -2.39. The van der Waals surface area contributed by atoms with Gasteiger partial charge in [-0.25, -0.2) is 4.79 Å². The summed E-state index contributed by atoms with van der Waals surface area (Å²) < 4.78 is 16.0. The highest BCUT2D eigenvalue weighted by molar-refractivity contribution is 6.25. The summed E-state index contributed by atoms with van der Waals surface area (Å²) in [5, 5.41) is 3.29. The van der Waals surface area contributed by atoms with Crippen molar-refractivity contribution < 1.29 is 28.6 Å². The van der Waals surface area contributed by atoms with Gasteiger partial charge in [-0.1, -0.05) is 0 Å². The van der Waals surface area contributed by atoms with Crippen LogP contribution >= 0.6 is 0 Å². The summed E-state index contributed by atoms with van der Waals surface area (Å²) in [5.41, 5.74) is 5.00. The Kier molecular flexibility index (Phi) is 3.26. The monoisotopic (exact) mass is 349 g/mol. The average molecular weight is 349 g/mol. The molecule has 2 saturated heterocycles. The lowest BCUT2D eigenvalue weighted by molar-refractivity contribution is -0.137. The first kappa shape index (κ1) is 16.1. The maximum Gasteiger partial charge on any atom is 0.404 e. The van der Waals surface area contributed by atoms with E-state index in [2.05, 4.69) is 5.32 Å². The van der Waals surface area contributed by atoms with E-state index in [0.717, 1.165) is 0 Å². The van der Waals surface area contributed by atoms with E-state index in [9.17, 15) is 14.4 Å². The highest BCUT2D eigenvalue weighted by Crippen LogP contribution is 2.55. The van der Waals surface area contributed by atoms with Crippen molar-refractivity contribution in [2.45, 2.75) is 24.7 Å². The minimum Gasteiger partial charge on any atom is -0.492 e. The number of nitrogens with two attached hydrogens (primary N) is 1. The van der Waals surface area contributed by atoms with Crippen LogP contribution in [0.25, 0.3) is 0 Å². The van der Waals surface area contributed by atoms with Crippen LogP contribution in [-0.4, -0.2) is 67.7 Å². The molecule has 0 aromatic heterocycles. The number of nitrogens with zero attached hydrogens (tertiary/aromatic N) is 1. The van der Waals surface area contributed by atoms with Gasteiger partial charge in [-0.2, -0.15) is 0 Å². The molecule has 0 saturated carbocycles. The van der Waals surface area contributed by atoms with Crippen LogP contribution in [-0.2, 0) is 23.8 Å². The summed E-state index contributed by atoms with van der Waals surface area (Å²) in [5.74, 6) is -1.27. The molecular weight excluding hydrogens is 330 g/mol. The van der Waals surface area contributed by atoms with Gasteiger partial charge in [0, 0.05) is 30.8 Å². The first-order chi connectivity index (χ1) is 11.9. The summed E-state index contributed by atoms with van der Waals surface area (Å²) in [6, 6.07) is 0.109. The van der Waals surface area contributed by atoms with Crippen molar-refractivity contribution in [1.29, 1.82) is 0 Å². The fraction of sp³-hybridized carbons (Fsp3) is 0.562. The van der Waals surface area contributed by atoms with Crippen molar-refractivity contribution in [3.8, 4) is 0 Å². The average Bonchev–Trinajstić information content (AvgIpc) is 3.18. The van der Waals surface area contributed by atoms with Gasteiger partial charge in [0.2, 0.25) is 11.6 Å². The predicted octanol–water partition coefficient (Wildman–Crippen LogP) is -0.963. The molecule has 2 fully saturated rings. The molecule has 4 aliphatic rings. The first-order valence-electron chi connectivity index (χ1n) is 7.98. The number of hydrogen-bond acceptors (Lipinski definition) is 8. The second-order valence-electron chi connectivity index (χ2n) is 6.58. The zero-order chi connectivity index (χ0) is 18.1. The molecule has 0 spiro atoms. The quantitative estimate of drug-likeness (QED) is 0.490. The standard InChI is InChI=1S/C16H19N3O6/c1-6-11(20)10-9(12(21)13(6)23-2)7(5-25-15(17)22)16(24-3)14-8(18-14)4-19(10)16/h7-8,14,18H,4-5H2,1-3H3,(H2,17,22)/t7?,8?,14-,16?/m0/s1. The Morgan fingerprint density at radius 1 is 1.36 bits per heavy atom. The molecule has 134 valence electrons. The van der Waals surface area contributed by atoms with E-state index >= 15 is 0 Å². The van der Waals surface area contributed by atoms with E-state index in [0.29, 0.717) is 12.2 Å². The molecule has 0 aromatic carbocycles. The number of piperazine rings is 1. The van der Waals surface area contributed by atoms with Gasteiger partial charge in [0.15, 0.2) is 11.5 Å². The van der Waals surface area contributed by atoms with E-state index < -0.39 is 17.7 Å². The Morgan fingerprint density at radius 2 is 2.08 bits per heavy atom. The van der Waals surface area contributed by atoms with Crippen LogP contribution in [0.5, 0.6) is 0 Å². The van der Waals surface area contributed by atoms with Crippen molar-refractivity contribution in [2.24, 2.45) is 11.7 Å². The lowest BCUT2D eigenvalue weighted by Crippen LogP contribution is -2.55. The van der Waals surface area contributed by atoms with E-state index in [1.807, 2.05) is 4.90 Å². The van der Waals surface area contributed by atoms with E-state index in [1.54, 1.807) is 6.92 Å². The van der Waals surface area contributed by atoms with Gasteiger partial charge in [-0.05, 0) is 6.92 Å². The van der Waals surface area contributed by atoms with Gasteiger partial charge >= 0.3 is 6.09 Å².